The van der Waals surface area contributed by atoms with Crippen LogP contribution in [0.1, 0.15) is 54.5 Å². The molecule has 1 amide bonds. The summed E-state index contributed by atoms with van der Waals surface area (Å²) in [6.07, 6.45) is -0.00789. The van der Waals surface area contributed by atoms with Crippen LogP contribution in [0.25, 0.3) is 28.3 Å². The van der Waals surface area contributed by atoms with Crippen molar-refractivity contribution in [1.82, 2.24) is 9.88 Å². The van der Waals surface area contributed by atoms with Gasteiger partial charge in [-0.3, -0.25) is 9.59 Å². The van der Waals surface area contributed by atoms with Gasteiger partial charge in [-0.1, -0.05) is 60.7 Å². The molecule has 4 N–H and O–H groups in total. The van der Waals surface area contributed by atoms with Gasteiger partial charge in [-0.05, 0) is 49.2 Å². The molecule has 0 spiro atoms. The molecule has 10 heteroatoms. The summed E-state index contributed by atoms with van der Waals surface area (Å²) in [7, 11) is 3.07. The Balaban J connectivity index is 1.91. The SMILES string of the molecule is COc1cccc(CNC(=O)c2c(-c3ccccc3)c(-c3ccc(F)cc3)c(C=C[C@@H](O)C[C@@H](O)CC(=O)O)n2C(C)C)c1OC. The van der Waals surface area contributed by atoms with Gasteiger partial charge in [0.1, 0.15) is 11.5 Å². The number of methoxy groups -OCH3 is 2. The number of aromatic nitrogens is 1. The van der Waals surface area contributed by atoms with Crippen LogP contribution in [0.4, 0.5) is 4.39 Å². The first-order valence-electron chi connectivity index (χ1n) is 14.9. The second-order valence-electron chi connectivity index (χ2n) is 11.1. The lowest BCUT2D eigenvalue weighted by molar-refractivity contribution is -0.139. The number of carboxylic acids is 1. The fraction of sp³-hybridized carbons (Fsp3) is 0.278. The maximum atomic E-state index is 14.3. The van der Waals surface area contributed by atoms with E-state index in [4.69, 9.17) is 14.6 Å². The maximum absolute atomic E-state index is 14.3. The number of benzene rings is 3. The number of hydrogen-bond donors (Lipinski definition) is 4. The number of carboxylic acid groups (broad SMARTS) is 1. The molecule has 3 aromatic carbocycles. The Labute approximate surface area is 267 Å². The number of rotatable bonds is 14. The Morgan fingerprint density at radius 3 is 2.20 bits per heavy atom. The third kappa shape index (κ3) is 7.82. The minimum Gasteiger partial charge on any atom is -0.493 e. The van der Waals surface area contributed by atoms with Crippen LogP contribution in [-0.2, 0) is 11.3 Å². The Hall–Kier alpha value is -4.93. The molecule has 46 heavy (non-hydrogen) atoms. The molecule has 0 fully saturated rings. The van der Waals surface area contributed by atoms with Gasteiger partial charge < -0.3 is 34.7 Å². The molecule has 0 saturated carbocycles. The van der Waals surface area contributed by atoms with Gasteiger partial charge in [-0.2, -0.15) is 0 Å². The summed E-state index contributed by atoms with van der Waals surface area (Å²) in [6, 6.07) is 20.5. The number of para-hydroxylation sites is 1. The van der Waals surface area contributed by atoms with Crippen molar-refractivity contribution >= 4 is 18.0 Å². The van der Waals surface area contributed by atoms with Crippen molar-refractivity contribution in [3.8, 4) is 33.8 Å². The fourth-order valence-corrected chi connectivity index (χ4v) is 5.52. The molecule has 4 aromatic rings. The van der Waals surface area contributed by atoms with Gasteiger partial charge in [-0.25, -0.2) is 4.39 Å². The number of halogens is 1. The summed E-state index contributed by atoms with van der Waals surface area (Å²) in [5.41, 5.74) is 4.26. The van der Waals surface area contributed by atoms with Crippen molar-refractivity contribution in [2.75, 3.05) is 14.2 Å². The Kier molecular flexibility index (Phi) is 11.3. The van der Waals surface area contributed by atoms with Gasteiger partial charge >= 0.3 is 5.97 Å². The molecule has 0 unspecified atom stereocenters. The number of aliphatic hydroxyl groups is 2. The number of amides is 1. The van der Waals surface area contributed by atoms with E-state index in [1.807, 2.05) is 60.9 Å². The zero-order valence-electron chi connectivity index (χ0n) is 26.2. The van der Waals surface area contributed by atoms with E-state index in [0.717, 1.165) is 5.56 Å². The molecular formula is C36H39FN2O7. The summed E-state index contributed by atoms with van der Waals surface area (Å²) < 4.78 is 26.9. The number of nitrogens with one attached hydrogen (secondary N) is 1. The number of ether oxygens (including phenoxy) is 2. The molecule has 0 aliphatic heterocycles. The summed E-state index contributed by atoms with van der Waals surface area (Å²) >= 11 is 0. The van der Waals surface area contributed by atoms with Crippen molar-refractivity contribution in [3.63, 3.8) is 0 Å². The minimum absolute atomic E-state index is 0.133. The average Bonchev–Trinajstić information content (AvgIpc) is 3.38. The highest BCUT2D eigenvalue weighted by Crippen LogP contribution is 2.42. The van der Waals surface area contributed by atoms with E-state index >= 15 is 0 Å². The minimum atomic E-state index is -1.25. The van der Waals surface area contributed by atoms with Gasteiger partial charge in [-0.15, -0.1) is 0 Å². The zero-order chi connectivity index (χ0) is 33.4. The smallest absolute Gasteiger partial charge is 0.305 e. The van der Waals surface area contributed by atoms with E-state index in [1.54, 1.807) is 24.3 Å². The highest BCUT2D eigenvalue weighted by molar-refractivity contribution is 6.06. The first-order valence-corrected chi connectivity index (χ1v) is 14.9. The standard InChI is InChI=1S/C36H39FN2O7/c1-22(2)39-29(18-17-27(40)19-28(41)20-31(42)43)32(24-13-15-26(37)16-14-24)33(23-9-6-5-7-10-23)34(39)36(44)38-21-25-11-8-12-30(45-3)35(25)46-4/h5-18,22,27-28,40-41H,19-21H2,1-4H3,(H,38,44)(H,42,43)/t27-,28-/m1/s1. The van der Waals surface area contributed by atoms with Crippen LogP contribution in [0, 0.1) is 5.82 Å². The van der Waals surface area contributed by atoms with Gasteiger partial charge in [0.2, 0.25) is 0 Å². The first kappa shape index (κ1) is 34.0. The molecular weight excluding hydrogens is 591 g/mol. The fourth-order valence-electron chi connectivity index (χ4n) is 5.52. The lowest BCUT2D eigenvalue weighted by Crippen LogP contribution is -2.27. The van der Waals surface area contributed by atoms with Crippen LogP contribution in [0.3, 0.4) is 0 Å². The molecule has 0 radical (unpaired) electrons. The van der Waals surface area contributed by atoms with Crippen molar-refractivity contribution < 1.29 is 38.8 Å². The van der Waals surface area contributed by atoms with Crippen molar-refractivity contribution in [2.45, 2.75) is 51.5 Å². The van der Waals surface area contributed by atoms with Crippen LogP contribution in [0.5, 0.6) is 11.5 Å². The largest absolute Gasteiger partial charge is 0.493 e. The molecule has 4 rings (SSSR count). The van der Waals surface area contributed by atoms with Crippen LogP contribution >= 0.6 is 0 Å². The molecule has 0 saturated heterocycles. The number of aliphatic hydroxyl groups excluding tert-OH is 2. The second kappa shape index (κ2) is 15.4. The van der Waals surface area contributed by atoms with E-state index in [9.17, 15) is 24.2 Å². The van der Waals surface area contributed by atoms with Crippen LogP contribution in [0.2, 0.25) is 0 Å². The summed E-state index contributed by atoms with van der Waals surface area (Å²) in [5, 5.41) is 32.9. The quantitative estimate of drug-likeness (QED) is 0.133. The topological polar surface area (TPSA) is 130 Å². The van der Waals surface area contributed by atoms with Gasteiger partial charge in [0.05, 0.1) is 32.8 Å². The Morgan fingerprint density at radius 1 is 0.913 bits per heavy atom. The van der Waals surface area contributed by atoms with E-state index in [1.165, 1.54) is 32.4 Å². The number of nitrogens with zero attached hydrogens (tertiary/aromatic N) is 1. The first-order chi connectivity index (χ1) is 22.0. The number of hydrogen-bond acceptors (Lipinski definition) is 6. The van der Waals surface area contributed by atoms with Crippen molar-refractivity contribution in [1.29, 1.82) is 0 Å². The van der Waals surface area contributed by atoms with E-state index in [2.05, 4.69) is 5.32 Å². The highest BCUT2D eigenvalue weighted by Gasteiger charge is 2.29. The van der Waals surface area contributed by atoms with Crippen LogP contribution in [0.15, 0.2) is 78.9 Å². The van der Waals surface area contributed by atoms with E-state index in [-0.39, 0.29) is 24.9 Å². The predicted molar refractivity (Wildman–Crippen MR) is 174 cm³/mol. The molecule has 2 atom stereocenters. The number of carbonyl (C=O) groups excluding carboxylic acids is 1. The van der Waals surface area contributed by atoms with Crippen molar-refractivity contribution in [3.05, 3.63) is 102 Å². The van der Waals surface area contributed by atoms with E-state index in [0.29, 0.717) is 45.1 Å². The lowest BCUT2D eigenvalue weighted by atomic mass is 9.94. The van der Waals surface area contributed by atoms with Crippen LogP contribution < -0.4 is 14.8 Å². The monoisotopic (exact) mass is 630 g/mol. The molecule has 242 valence electrons. The number of carbonyl (C=O) groups is 2. The molecule has 0 aliphatic carbocycles. The third-order valence-corrected chi connectivity index (χ3v) is 7.49. The van der Waals surface area contributed by atoms with Crippen LogP contribution in [-0.4, -0.2) is 58.2 Å². The normalized spacial score (nSPS) is 12.7. The lowest BCUT2D eigenvalue weighted by Gasteiger charge is -2.18. The number of aliphatic carboxylic acids is 1. The Bertz CT molecular complexity index is 1680. The molecule has 1 aromatic heterocycles. The molecule has 9 nitrogen and oxygen atoms in total. The molecule has 0 bridgehead atoms. The average molecular weight is 631 g/mol. The predicted octanol–water partition coefficient (Wildman–Crippen LogP) is 6.09. The van der Waals surface area contributed by atoms with Gasteiger partial charge in [0, 0.05) is 41.4 Å². The van der Waals surface area contributed by atoms with Gasteiger partial charge in [0.15, 0.2) is 11.5 Å². The summed E-state index contributed by atoms with van der Waals surface area (Å²) in [6.45, 7) is 3.98. The Morgan fingerprint density at radius 2 is 1.59 bits per heavy atom. The second-order valence-corrected chi connectivity index (χ2v) is 11.1. The van der Waals surface area contributed by atoms with E-state index < -0.39 is 30.4 Å². The highest BCUT2D eigenvalue weighted by atomic mass is 19.1. The van der Waals surface area contributed by atoms with Crippen molar-refractivity contribution in [2.24, 2.45) is 0 Å². The van der Waals surface area contributed by atoms with Gasteiger partial charge in [0.25, 0.3) is 5.91 Å². The zero-order valence-corrected chi connectivity index (χ0v) is 26.2. The molecule has 1 heterocycles. The molecule has 0 aliphatic rings. The summed E-state index contributed by atoms with van der Waals surface area (Å²) in [5.74, 6) is -0.938. The summed E-state index contributed by atoms with van der Waals surface area (Å²) in [4.78, 5) is 25.3. The third-order valence-electron chi connectivity index (χ3n) is 7.49. The maximum Gasteiger partial charge on any atom is 0.305 e.